The van der Waals surface area contributed by atoms with Crippen LogP contribution in [0.3, 0.4) is 0 Å². The molecule has 0 amide bonds. The van der Waals surface area contributed by atoms with Gasteiger partial charge in [-0.3, -0.25) is 4.90 Å². The van der Waals surface area contributed by atoms with Crippen LogP contribution in [-0.4, -0.2) is 23.0 Å². The van der Waals surface area contributed by atoms with Crippen molar-refractivity contribution in [2.75, 3.05) is 6.54 Å². The minimum Gasteiger partial charge on any atom is -0.364 e. The highest BCUT2D eigenvalue weighted by molar-refractivity contribution is 5.79. The van der Waals surface area contributed by atoms with Crippen LogP contribution in [0, 0.1) is 24.7 Å². The molecule has 212 valence electrons. The minimum atomic E-state index is 0.158. The minimum absolute atomic E-state index is 0.158. The summed E-state index contributed by atoms with van der Waals surface area (Å²) in [4.78, 5) is 4.53. The van der Waals surface area contributed by atoms with Gasteiger partial charge in [-0.05, 0) is 79.4 Å². The molecule has 0 radical (unpaired) electrons. The zero-order valence-corrected chi connectivity index (χ0v) is 25.7. The van der Waals surface area contributed by atoms with Crippen LogP contribution in [0.5, 0.6) is 0 Å². The van der Waals surface area contributed by atoms with E-state index in [1.807, 2.05) is 0 Å². The molecule has 1 N–H and O–H groups in total. The first-order valence-corrected chi connectivity index (χ1v) is 16.3. The van der Waals surface area contributed by atoms with E-state index in [9.17, 15) is 0 Å². The first-order valence-electron chi connectivity index (χ1n) is 16.3. The Morgan fingerprint density at radius 3 is 2.43 bits per heavy atom. The number of hydrogen-bond donors (Lipinski definition) is 1. The first-order chi connectivity index (χ1) is 20.3. The molecule has 9 unspecified atom stereocenters. The fraction of sp³-hybridized carbons (Fsp3) is 0.400. The van der Waals surface area contributed by atoms with Gasteiger partial charge in [-0.15, -0.1) is 0 Å². The molecule has 2 nitrogen and oxygen atoms in total. The summed E-state index contributed by atoms with van der Waals surface area (Å²) in [6, 6.07) is 28.7. The molecule has 4 aliphatic heterocycles. The van der Waals surface area contributed by atoms with Gasteiger partial charge in [0, 0.05) is 51.7 Å². The maximum Gasteiger partial charge on any atom is 0.137 e. The second kappa shape index (κ2) is 8.38. The van der Waals surface area contributed by atoms with Gasteiger partial charge in [0.15, 0.2) is 0 Å². The zero-order chi connectivity index (χ0) is 28.5. The van der Waals surface area contributed by atoms with E-state index in [2.05, 4.69) is 131 Å². The Balaban J connectivity index is 1.16. The largest absolute Gasteiger partial charge is 0.364 e. The van der Waals surface area contributed by atoms with E-state index >= 15 is 0 Å². The van der Waals surface area contributed by atoms with Crippen molar-refractivity contribution in [3.05, 3.63) is 130 Å². The maximum atomic E-state index is 2.84. The van der Waals surface area contributed by atoms with E-state index in [1.165, 1.54) is 47.4 Å². The first kappa shape index (κ1) is 25.2. The van der Waals surface area contributed by atoms with Crippen LogP contribution in [0.1, 0.15) is 85.9 Å². The summed E-state index contributed by atoms with van der Waals surface area (Å²) in [6.07, 6.45) is 10.4. The summed E-state index contributed by atoms with van der Waals surface area (Å²) in [6.45, 7) is 13.5. The summed E-state index contributed by atoms with van der Waals surface area (Å²) in [7, 11) is 0. The van der Waals surface area contributed by atoms with Crippen LogP contribution in [0.4, 0.5) is 0 Å². The maximum absolute atomic E-state index is 2.84. The summed E-state index contributed by atoms with van der Waals surface area (Å²) >= 11 is 0. The normalized spacial score (nSPS) is 38.6. The number of quaternary nitrogens is 1. The average Bonchev–Trinajstić information content (AvgIpc) is 3.37. The lowest BCUT2D eigenvalue weighted by atomic mass is 9.38. The number of nitrogens with zero attached hydrogens (tertiary/aromatic N) is 1. The Labute approximate surface area is 251 Å². The van der Waals surface area contributed by atoms with Crippen molar-refractivity contribution in [2.45, 2.75) is 76.4 Å². The summed E-state index contributed by atoms with van der Waals surface area (Å²) in [5, 5.41) is 0. The fourth-order valence-electron chi connectivity index (χ4n) is 10.8. The zero-order valence-electron chi connectivity index (χ0n) is 25.7. The smallest absolute Gasteiger partial charge is 0.137 e. The molecule has 0 spiro atoms. The van der Waals surface area contributed by atoms with Gasteiger partial charge < -0.3 is 4.90 Å². The van der Waals surface area contributed by atoms with Gasteiger partial charge in [-0.1, -0.05) is 92.7 Å². The lowest BCUT2D eigenvalue weighted by molar-refractivity contribution is -0.917. The molecular weight excluding hydrogens is 508 g/mol. The predicted octanol–water partition coefficient (Wildman–Crippen LogP) is 7.45. The predicted molar refractivity (Wildman–Crippen MR) is 172 cm³/mol. The van der Waals surface area contributed by atoms with Crippen LogP contribution < -0.4 is 4.90 Å². The highest BCUT2D eigenvalue weighted by Crippen LogP contribution is 2.70. The van der Waals surface area contributed by atoms with E-state index in [0.29, 0.717) is 29.8 Å². The van der Waals surface area contributed by atoms with Gasteiger partial charge in [0.1, 0.15) is 18.3 Å². The second-order valence-electron chi connectivity index (χ2n) is 14.8. The number of rotatable bonds is 2. The van der Waals surface area contributed by atoms with E-state index in [0.717, 1.165) is 5.92 Å². The summed E-state index contributed by atoms with van der Waals surface area (Å²) < 4.78 is 0. The molecule has 2 saturated carbocycles. The Morgan fingerprint density at radius 2 is 1.62 bits per heavy atom. The molecule has 4 heterocycles. The van der Waals surface area contributed by atoms with Crippen molar-refractivity contribution in [1.82, 2.24) is 4.90 Å². The van der Waals surface area contributed by atoms with Crippen molar-refractivity contribution < 1.29 is 4.90 Å². The Hall–Kier alpha value is -3.36. The molecular formula is C40H43N2+. The van der Waals surface area contributed by atoms with Crippen molar-refractivity contribution in [2.24, 2.45) is 17.8 Å². The molecule has 3 aromatic rings. The monoisotopic (exact) mass is 551 g/mol. The number of benzene rings is 3. The van der Waals surface area contributed by atoms with Gasteiger partial charge >= 0.3 is 0 Å². The van der Waals surface area contributed by atoms with Gasteiger partial charge in [0.25, 0.3) is 0 Å². The number of allylic oxidation sites excluding steroid dienone is 2. The molecule has 3 aromatic carbocycles. The highest BCUT2D eigenvalue weighted by Gasteiger charge is 2.72. The third-order valence-corrected chi connectivity index (χ3v) is 13.0. The van der Waals surface area contributed by atoms with Crippen LogP contribution in [-0.2, 0) is 5.41 Å². The highest BCUT2D eigenvalue weighted by atomic mass is 15.3. The van der Waals surface area contributed by atoms with Crippen molar-refractivity contribution >= 4 is 11.3 Å². The van der Waals surface area contributed by atoms with E-state index in [1.54, 1.807) is 27.2 Å². The summed E-state index contributed by atoms with van der Waals surface area (Å²) in [5.74, 6) is 2.68. The molecule has 6 aliphatic rings. The molecule has 9 rings (SSSR count). The third-order valence-electron chi connectivity index (χ3n) is 13.0. The quantitative estimate of drug-likeness (QED) is 0.348. The number of hydrogen-bond acceptors (Lipinski definition) is 1. The lowest BCUT2D eigenvalue weighted by Gasteiger charge is -2.73. The average molecular weight is 552 g/mol. The molecule has 0 saturated heterocycles. The molecule has 9 atom stereocenters. The number of nitrogens with one attached hydrogen (secondary N) is 1. The molecule has 0 bridgehead atoms. The molecule has 2 heteroatoms. The SMILES string of the molecule is CC1=CC2c3ccccc3C3CC(C4CC5(C)N6CC(C)C=C6c6c(C)cccc6C45C)C3[NH+]2C=C1c1ccccc1. The number of aryl methyl sites for hydroxylation is 1. The molecule has 2 fully saturated rings. The van der Waals surface area contributed by atoms with Crippen molar-refractivity contribution in [1.29, 1.82) is 0 Å². The van der Waals surface area contributed by atoms with E-state index in [4.69, 9.17) is 0 Å². The lowest BCUT2D eigenvalue weighted by Crippen LogP contribution is -3.16. The van der Waals surface area contributed by atoms with Crippen molar-refractivity contribution in [3.8, 4) is 0 Å². The van der Waals surface area contributed by atoms with Gasteiger partial charge in [0.2, 0.25) is 0 Å². The fourth-order valence-corrected chi connectivity index (χ4v) is 10.8. The standard InChI is InChI=1S/C40H42N2/c1-24-18-36-37-25(2)12-11-17-33(37)40(5)34(21-39(40,4)42(36)22-24)31-20-30-28-15-9-10-16-29(28)35-19-26(3)32(23-41(35)38(30)31)27-13-7-6-8-14-27/h6-19,23-24,30-31,34-35,38H,20-22H2,1-5H3/p+1. The Bertz CT molecular complexity index is 1730. The Morgan fingerprint density at radius 1 is 0.857 bits per heavy atom. The van der Waals surface area contributed by atoms with Gasteiger partial charge in [-0.25, -0.2) is 0 Å². The Kier molecular flexibility index (Phi) is 5.02. The van der Waals surface area contributed by atoms with Crippen LogP contribution >= 0.6 is 0 Å². The molecule has 42 heavy (non-hydrogen) atoms. The molecule has 0 aromatic heterocycles. The topological polar surface area (TPSA) is 7.68 Å². The summed E-state index contributed by atoms with van der Waals surface area (Å²) in [5.41, 5.74) is 13.9. The van der Waals surface area contributed by atoms with Crippen LogP contribution in [0.15, 0.2) is 96.7 Å². The van der Waals surface area contributed by atoms with Gasteiger partial charge in [-0.2, -0.15) is 0 Å². The van der Waals surface area contributed by atoms with Crippen LogP contribution in [0.2, 0.25) is 0 Å². The second-order valence-corrected chi connectivity index (χ2v) is 14.8. The van der Waals surface area contributed by atoms with E-state index < -0.39 is 0 Å². The van der Waals surface area contributed by atoms with E-state index in [-0.39, 0.29) is 11.0 Å². The van der Waals surface area contributed by atoms with Gasteiger partial charge in [0.05, 0.1) is 0 Å². The van der Waals surface area contributed by atoms with Crippen molar-refractivity contribution in [3.63, 3.8) is 0 Å². The molecule has 2 aliphatic carbocycles. The van der Waals surface area contributed by atoms with Crippen LogP contribution in [0.25, 0.3) is 11.3 Å². The number of fused-ring (bicyclic) bond motifs is 12. The third kappa shape index (κ3) is 2.95.